The number of carbonyl (C=O) groups is 2. The molecule has 2 aromatic carbocycles. The molecular weight excluding hydrogens is 1010 g/mol. The number of hydrogen-bond acceptors (Lipinski definition) is 15. The number of nitrogens with one attached hydrogen (secondary N) is 1. The number of carboxylic acids is 1. The fraction of sp³-hybridized carbons (Fsp3) is 0.486. The Bertz CT molecular complexity index is 3130. The van der Waals surface area contributed by atoms with Crippen LogP contribution < -0.4 is 10.2 Å². The number of hydrogen-bond donors (Lipinski definition) is 8. The van der Waals surface area contributed by atoms with Crippen LogP contribution in [-0.2, 0) is 76.3 Å². The lowest BCUT2D eigenvalue weighted by Gasteiger charge is -2.31. The van der Waals surface area contributed by atoms with Crippen LogP contribution in [0.15, 0.2) is 62.9 Å². The molecule has 2 aromatic rings. The van der Waals surface area contributed by atoms with Gasteiger partial charge in [0.2, 0.25) is 5.69 Å². The first kappa shape index (κ1) is 55.4. The second kappa shape index (κ2) is 20.0. The summed E-state index contributed by atoms with van der Waals surface area (Å²) >= 11 is 0. The summed E-state index contributed by atoms with van der Waals surface area (Å²) < 4.78 is 207. The number of benzene rings is 2. The maximum Gasteiger partial charge on any atom is 0.303 e. The Hall–Kier alpha value is -4.21. The predicted molar refractivity (Wildman–Crippen MR) is 239 cm³/mol. The van der Waals surface area contributed by atoms with Crippen molar-refractivity contribution in [1.29, 1.82) is 0 Å². The van der Waals surface area contributed by atoms with Crippen molar-refractivity contribution in [2.45, 2.75) is 91.2 Å². The SMILES string of the molecule is CC1(C)C(/C=C/C=C2/N(CCCS(=O)(=O)O)c3cc(S(=O)(=O)O)cc(S(=O)(=O)O)c3C2(C)CCCCCC(=O)O)=[N+](CCCS(=O)(=O)O)c2cc(S(=O)(=O)O)cc(C(=O)NCCS(=O)(=O)O)c21. The van der Waals surface area contributed by atoms with Gasteiger partial charge in [0.05, 0.1) is 38.7 Å². The standard InChI is InChI=1S/C37H49N3O21S6/c1-36(2)30(39(15-8-17-62(44,45)46)27-21-24(65(53,54)55)20-26(33(27)36)35(43)38-14-19-64(50,51)52)10-7-11-31-37(3,13-6-4-5-12-32(41)42)34-28(40(31)16-9-18-63(47,48)49)22-25(66(56,57)58)23-29(34)67(59,60)61/h7,10-11,20-23H,4-6,8-9,12-19H2,1-3H3,(H7-,38,41,42,43,44,45,46,47,48,49,50,51,52,53,54,55,56,57,58,59,60,61)/p+1. The monoisotopic (exact) mass is 1060 g/mol. The number of rotatable bonds is 23. The quantitative estimate of drug-likeness (QED) is 0.0449. The number of allylic oxidation sites excluding steroid dienone is 4. The van der Waals surface area contributed by atoms with Crippen LogP contribution in [0.25, 0.3) is 0 Å². The van der Waals surface area contributed by atoms with Crippen molar-refractivity contribution in [3.63, 3.8) is 0 Å². The summed E-state index contributed by atoms with van der Waals surface area (Å²) in [6.07, 6.45) is 3.76. The number of aliphatic carboxylic acids is 1. The number of nitrogens with zero attached hydrogens (tertiary/aromatic N) is 2. The van der Waals surface area contributed by atoms with E-state index in [4.69, 9.17) is 0 Å². The lowest BCUT2D eigenvalue weighted by Crippen LogP contribution is -2.33. The molecule has 0 saturated heterocycles. The summed E-state index contributed by atoms with van der Waals surface area (Å²) in [7, 11) is -29.4. The molecule has 0 aromatic heterocycles. The van der Waals surface area contributed by atoms with E-state index in [1.54, 1.807) is 13.8 Å². The molecular formula is C37H50N3O21S6+. The highest BCUT2D eigenvalue weighted by Gasteiger charge is 2.49. The molecule has 0 bridgehead atoms. The predicted octanol–water partition coefficient (Wildman–Crippen LogP) is 2.23. The lowest BCUT2D eigenvalue weighted by molar-refractivity contribution is -0.437. The number of fused-ring (bicyclic) bond motifs is 2. The van der Waals surface area contributed by atoms with Crippen LogP contribution in [0, 0.1) is 0 Å². The van der Waals surface area contributed by atoms with Gasteiger partial charge < -0.3 is 15.3 Å². The highest BCUT2D eigenvalue weighted by molar-refractivity contribution is 7.87. The van der Waals surface area contributed by atoms with E-state index in [0.717, 1.165) is 18.2 Å². The Morgan fingerprint density at radius 3 is 1.79 bits per heavy atom. The van der Waals surface area contributed by atoms with E-state index >= 15 is 0 Å². The summed E-state index contributed by atoms with van der Waals surface area (Å²) in [6, 6.07) is 3.19. The molecule has 0 saturated carbocycles. The molecule has 0 aliphatic carbocycles. The average Bonchev–Trinajstić information content (AvgIpc) is 3.50. The summed E-state index contributed by atoms with van der Waals surface area (Å²) in [4.78, 5) is 23.5. The van der Waals surface area contributed by atoms with E-state index in [-0.39, 0.29) is 91.9 Å². The molecule has 0 fully saturated rings. The fourth-order valence-corrected chi connectivity index (χ4v) is 11.7. The largest absolute Gasteiger partial charge is 0.481 e. The molecule has 2 aliphatic heterocycles. The van der Waals surface area contributed by atoms with Gasteiger partial charge in [-0.2, -0.15) is 55.1 Å². The van der Waals surface area contributed by atoms with Gasteiger partial charge in [-0.05, 0) is 64.3 Å². The topological polar surface area (TPSA) is 399 Å². The van der Waals surface area contributed by atoms with Gasteiger partial charge in [-0.25, -0.2) is 0 Å². The zero-order chi connectivity index (χ0) is 50.9. The van der Waals surface area contributed by atoms with E-state index < -0.39 is 127 Å². The van der Waals surface area contributed by atoms with Gasteiger partial charge in [0.25, 0.3) is 66.6 Å². The van der Waals surface area contributed by atoms with Crippen LogP contribution in [0.3, 0.4) is 0 Å². The van der Waals surface area contributed by atoms with Gasteiger partial charge in [-0.15, -0.1) is 0 Å². The third kappa shape index (κ3) is 14.0. The normalized spacial score (nSPS) is 18.5. The van der Waals surface area contributed by atoms with Crippen molar-refractivity contribution in [2.24, 2.45) is 0 Å². The summed E-state index contributed by atoms with van der Waals surface area (Å²) in [5, 5.41) is 11.5. The molecule has 30 heteroatoms. The van der Waals surface area contributed by atoms with Crippen LogP contribution in [0.2, 0.25) is 0 Å². The van der Waals surface area contributed by atoms with Gasteiger partial charge in [0.15, 0.2) is 5.71 Å². The van der Waals surface area contributed by atoms with Gasteiger partial charge in [0.1, 0.15) is 16.3 Å². The van der Waals surface area contributed by atoms with Crippen molar-refractivity contribution in [1.82, 2.24) is 5.32 Å². The molecule has 67 heavy (non-hydrogen) atoms. The molecule has 374 valence electrons. The first-order chi connectivity index (χ1) is 30.4. The number of carbonyl (C=O) groups excluding carboxylic acids is 1. The van der Waals surface area contributed by atoms with E-state index in [1.807, 2.05) is 0 Å². The zero-order valence-electron chi connectivity index (χ0n) is 35.9. The fourth-order valence-electron chi connectivity index (χ4n) is 8.31. The van der Waals surface area contributed by atoms with Crippen LogP contribution in [0.4, 0.5) is 11.4 Å². The van der Waals surface area contributed by atoms with Gasteiger partial charge in [0, 0.05) is 60.4 Å². The summed E-state index contributed by atoms with van der Waals surface area (Å²) in [6.45, 7) is 3.24. The molecule has 4 rings (SSSR count). The molecule has 1 atom stereocenters. The Morgan fingerprint density at radius 1 is 0.687 bits per heavy atom. The highest BCUT2D eigenvalue weighted by atomic mass is 32.2. The molecule has 1 amide bonds. The second-order valence-corrected chi connectivity index (χ2v) is 25.4. The van der Waals surface area contributed by atoms with Gasteiger partial charge in [-0.3, -0.25) is 36.9 Å². The van der Waals surface area contributed by atoms with Gasteiger partial charge in [-0.1, -0.05) is 18.9 Å². The minimum atomic E-state index is -5.33. The number of anilines is 1. The van der Waals surface area contributed by atoms with Crippen molar-refractivity contribution in [3.8, 4) is 0 Å². The molecule has 24 nitrogen and oxygen atoms in total. The number of unbranched alkanes of at least 4 members (excludes halogenated alkanes) is 2. The smallest absolute Gasteiger partial charge is 0.303 e. The average molecular weight is 1070 g/mol. The number of carboxylic acid groups (broad SMARTS) is 1. The van der Waals surface area contributed by atoms with E-state index in [0.29, 0.717) is 6.07 Å². The molecule has 2 aliphatic rings. The van der Waals surface area contributed by atoms with Crippen molar-refractivity contribution in [3.05, 3.63) is 64.9 Å². The number of amides is 1. The van der Waals surface area contributed by atoms with Crippen LogP contribution in [-0.4, -0.2) is 142 Å². The molecule has 0 radical (unpaired) electrons. The Kier molecular flexibility index (Phi) is 16.6. The molecule has 8 N–H and O–H groups in total. The van der Waals surface area contributed by atoms with E-state index in [1.165, 1.54) is 34.6 Å². The van der Waals surface area contributed by atoms with Crippen molar-refractivity contribution < 1.29 is 97.1 Å². The van der Waals surface area contributed by atoms with Crippen molar-refractivity contribution in [2.75, 3.05) is 41.8 Å². The Labute approximate surface area is 388 Å². The molecule has 1 unspecified atom stereocenters. The first-order valence-electron chi connectivity index (χ1n) is 19.8. The third-order valence-corrected chi connectivity index (χ3v) is 16.0. The van der Waals surface area contributed by atoms with E-state index in [9.17, 15) is 92.5 Å². The Morgan fingerprint density at radius 2 is 1.25 bits per heavy atom. The Balaban J connectivity index is 2.06. The minimum absolute atomic E-state index is 0.0361. The van der Waals surface area contributed by atoms with E-state index in [2.05, 4.69) is 5.32 Å². The molecule has 0 spiro atoms. The van der Waals surface area contributed by atoms with Crippen LogP contribution in [0.1, 0.15) is 87.2 Å². The first-order valence-corrected chi connectivity index (χ1v) is 29.0. The van der Waals surface area contributed by atoms with Crippen LogP contribution in [0.5, 0.6) is 0 Å². The minimum Gasteiger partial charge on any atom is -0.481 e. The van der Waals surface area contributed by atoms with Gasteiger partial charge >= 0.3 is 5.97 Å². The maximum atomic E-state index is 13.7. The highest BCUT2D eigenvalue weighted by Crippen LogP contribution is 2.54. The zero-order valence-corrected chi connectivity index (χ0v) is 40.8. The second-order valence-electron chi connectivity index (χ2n) is 16.4. The lowest BCUT2D eigenvalue weighted by atomic mass is 9.76. The third-order valence-electron chi connectivity index (χ3n) is 11.1. The summed E-state index contributed by atoms with van der Waals surface area (Å²) in [5.41, 5.74) is -3.57. The van der Waals surface area contributed by atoms with Crippen LogP contribution >= 0.6 is 0 Å². The summed E-state index contributed by atoms with van der Waals surface area (Å²) in [5.74, 6) is -4.77. The maximum absolute atomic E-state index is 13.7. The molecule has 2 heterocycles. The van der Waals surface area contributed by atoms with Crippen molar-refractivity contribution >= 4 is 89.7 Å².